The van der Waals surface area contributed by atoms with E-state index in [4.69, 9.17) is 17.3 Å². The van der Waals surface area contributed by atoms with Gasteiger partial charge in [0.25, 0.3) is 0 Å². The van der Waals surface area contributed by atoms with Crippen LogP contribution < -0.4 is 10.6 Å². The molecular formula is C15H19ClN4. The fourth-order valence-electron chi connectivity index (χ4n) is 3.56. The molecule has 0 aromatic heterocycles. The van der Waals surface area contributed by atoms with Gasteiger partial charge in [-0.05, 0) is 43.5 Å². The van der Waals surface area contributed by atoms with Crippen LogP contribution in [0.1, 0.15) is 19.3 Å². The molecule has 3 aliphatic rings. The van der Waals surface area contributed by atoms with E-state index in [1.807, 2.05) is 24.3 Å². The molecule has 2 N–H and O–H groups in total. The second kappa shape index (κ2) is 4.37. The minimum atomic E-state index is 0.0561. The fourth-order valence-corrected chi connectivity index (χ4v) is 3.69. The molecule has 4 rings (SSSR count). The van der Waals surface area contributed by atoms with E-state index in [2.05, 4.69) is 14.8 Å². The topological polar surface area (TPSA) is 44.9 Å². The Bertz CT molecular complexity index is 551. The minimum Gasteiger partial charge on any atom is -0.369 e. The number of rotatable bonds is 2. The maximum Gasteiger partial charge on any atom is 0.196 e. The van der Waals surface area contributed by atoms with Gasteiger partial charge < -0.3 is 10.6 Å². The van der Waals surface area contributed by atoms with Crippen molar-refractivity contribution >= 4 is 23.2 Å². The summed E-state index contributed by atoms with van der Waals surface area (Å²) < 4.78 is 0. The van der Waals surface area contributed by atoms with E-state index >= 15 is 0 Å². The predicted molar refractivity (Wildman–Crippen MR) is 82.4 cm³/mol. The van der Waals surface area contributed by atoms with Crippen molar-refractivity contribution in [3.8, 4) is 0 Å². The molecule has 5 heteroatoms. The van der Waals surface area contributed by atoms with Crippen molar-refractivity contribution in [3.05, 3.63) is 29.3 Å². The van der Waals surface area contributed by atoms with Gasteiger partial charge in [-0.15, -0.1) is 0 Å². The minimum absolute atomic E-state index is 0.0561. The summed E-state index contributed by atoms with van der Waals surface area (Å²) in [6, 6.07) is 8.73. The first-order chi connectivity index (χ1) is 9.68. The number of likely N-dealkylation sites (tertiary alicyclic amines) is 1. The molecule has 1 aromatic carbocycles. The fraction of sp³-hybridized carbons (Fsp3) is 0.533. The summed E-state index contributed by atoms with van der Waals surface area (Å²) in [5.41, 5.74) is 7.32. The number of nitrogens with zero attached hydrogens (tertiary/aromatic N) is 3. The van der Waals surface area contributed by atoms with Crippen molar-refractivity contribution in [1.82, 2.24) is 4.90 Å². The van der Waals surface area contributed by atoms with E-state index in [1.54, 1.807) is 0 Å². The van der Waals surface area contributed by atoms with Gasteiger partial charge >= 0.3 is 0 Å². The van der Waals surface area contributed by atoms with Crippen molar-refractivity contribution in [2.24, 2.45) is 10.7 Å². The summed E-state index contributed by atoms with van der Waals surface area (Å²) >= 11 is 5.99. The molecule has 1 unspecified atom stereocenters. The summed E-state index contributed by atoms with van der Waals surface area (Å²) in [6.45, 7) is 3.05. The van der Waals surface area contributed by atoms with Crippen LogP contribution in [0.4, 0.5) is 5.69 Å². The molecule has 2 aliphatic heterocycles. The summed E-state index contributed by atoms with van der Waals surface area (Å²) in [5.74, 6) is 0.643. The van der Waals surface area contributed by atoms with Crippen LogP contribution in [0.25, 0.3) is 0 Å². The van der Waals surface area contributed by atoms with Gasteiger partial charge in [0.1, 0.15) is 0 Å². The largest absolute Gasteiger partial charge is 0.369 e. The molecule has 2 heterocycles. The monoisotopic (exact) mass is 290 g/mol. The number of anilines is 1. The molecule has 4 nitrogen and oxygen atoms in total. The molecule has 1 saturated heterocycles. The van der Waals surface area contributed by atoms with Crippen molar-refractivity contribution in [1.29, 1.82) is 0 Å². The van der Waals surface area contributed by atoms with E-state index in [9.17, 15) is 0 Å². The van der Waals surface area contributed by atoms with Crippen LogP contribution in [0.3, 0.4) is 0 Å². The Balaban J connectivity index is 1.65. The average molecular weight is 291 g/mol. The molecule has 1 saturated carbocycles. The highest BCUT2D eigenvalue weighted by atomic mass is 35.5. The van der Waals surface area contributed by atoms with Gasteiger partial charge in [-0.3, -0.25) is 9.89 Å². The van der Waals surface area contributed by atoms with Crippen LogP contribution in [0.15, 0.2) is 29.3 Å². The van der Waals surface area contributed by atoms with Gasteiger partial charge in [-0.2, -0.15) is 0 Å². The number of guanidine groups is 1. The number of benzene rings is 1. The lowest BCUT2D eigenvalue weighted by molar-refractivity contribution is 0.306. The Labute approximate surface area is 124 Å². The quantitative estimate of drug-likeness (QED) is 0.907. The molecular weight excluding hydrogens is 272 g/mol. The van der Waals surface area contributed by atoms with Gasteiger partial charge in [0.05, 0.1) is 12.1 Å². The van der Waals surface area contributed by atoms with Crippen LogP contribution >= 0.6 is 11.6 Å². The second-order valence-electron chi connectivity index (χ2n) is 6.16. The summed E-state index contributed by atoms with van der Waals surface area (Å²) in [5, 5.41) is 0.753. The predicted octanol–water partition coefficient (Wildman–Crippen LogP) is 2.08. The zero-order valence-electron chi connectivity index (χ0n) is 11.4. The summed E-state index contributed by atoms with van der Waals surface area (Å²) in [6.07, 6.45) is 3.84. The van der Waals surface area contributed by atoms with Gasteiger partial charge in [-0.25, -0.2) is 0 Å². The first kappa shape index (κ1) is 12.5. The Morgan fingerprint density at radius 2 is 2.00 bits per heavy atom. The molecule has 1 atom stereocenters. The van der Waals surface area contributed by atoms with Gasteiger partial charge in [-0.1, -0.05) is 11.6 Å². The lowest BCUT2D eigenvalue weighted by Gasteiger charge is -2.36. The van der Waals surface area contributed by atoms with Gasteiger partial charge in [0.2, 0.25) is 0 Å². The number of hydrogen-bond acceptors (Lipinski definition) is 4. The van der Waals surface area contributed by atoms with E-state index in [0.717, 1.165) is 42.8 Å². The molecule has 0 amide bonds. The lowest BCUT2D eigenvalue weighted by Crippen LogP contribution is -2.53. The molecule has 1 spiro atoms. The normalized spacial score (nSPS) is 30.2. The first-order valence-electron chi connectivity index (χ1n) is 7.28. The molecule has 20 heavy (non-hydrogen) atoms. The summed E-state index contributed by atoms with van der Waals surface area (Å²) in [4.78, 5) is 9.36. The zero-order valence-corrected chi connectivity index (χ0v) is 12.2. The van der Waals surface area contributed by atoms with Crippen LogP contribution in [-0.2, 0) is 0 Å². The maximum atomic E-state index is 6.17. The Morgan fingerprint density at radius 1 is 1.25 bits per heavy atom. The lowest BCUT2D eigenvalue weighted by atomic mass is 9.97. The Kier molecular flexibility index (Phi) is 2.72. The van der Waals surface area contributed by atoms with Crippen molar-refractivity contribution in [2.75, 3.05) is 24.5 Å². The SMILES string of the molecule is NC1=NCC2(CCN(C3CC3)C2)N1c1ccc(Cl)cc1. The second-order valence-corrected chi connectivity index (χ2v) is 6.60. The van der Waals surface area contributed by atoms with Crippen LogP contribution in [0, 0.1) is 0 Å². The van der Waals surface area contributed by atoms with Gasteiger partial charge in [0.15, 0.2) is 5.96 Å². The highest BCUT2D eigenvalue weighted by molar-refractivity contribution is 6.30. The van der Waals surface area contributed by atoms with E-state index < -0.39 is 0 Å². The smallest absolute Gasteiger partial charge is 0.196 e. The maximum absolute atomic E-state index is 6.17. The number of hydrogen-bond donors (Lipinski definition) is 1. The standard InChI is InChI=1S/C15H19ClN4/c16-11-1-3-13(4-2-11)20-14(17)18-9-15(20)7-8-19(10-15)12-5-6-12/h1-4,12H,5-10H2,(H2,17,18). The van der Waals surface area contributed by atoms with Crippen molar-refractivity contribution in [2.45, 2.75) is 30.8 Å². The van der Waals surface area contributed by atoms with Crippen LogP contribution in [0.2, 0.25) is 5.02 Å². The number of nitrogens with two attached hydrogens (primary N) is 1. The van der Waals surface area contributed by atoms with Crippen molar-refractivity contribution < 1.29 is 0 Å². The molecule has 0 radical (unpaired) electrons. The van der Waals surface area contributed by atoms with Crippen molar-refractivity contribution in [3.63, 3.8) is 0 Å². The van der Waals surface area contributed by atoms with Gasteiger partial charge in [0, 0.05) is 29.8 Å². The van der Waals surface area contributed by atoms with E-state index in [1.165, 1.54) is 12.8 Å². The number of halogens is 1. The molecule has 1 aromatic rings. The van der Waals surface area contributed by atoms with Crippen LogP contribution in [0.5, 0.6) is 0 Å². The third-order valence-corrected chi connectivity index (χ3v) is 5.00. The third-order valence-electron chi connectivity index (χ3n) is 4.75. The summed E-state index contributed by atoms with van der Waals surface area (Å²) in [7, 11) is 0. The van der Waals surface area contributed by atoms with E-state index in [0.29, 0.717) is 5.96 Å². The van der Waals surface area contributed by atoms with Crippen LogP contribution in [-0.4, -0.2) is 42.1 Å². The molecule has 106 valence electrons. The average Bonchev–Trinajstić information content (AvgIpc) is 3.14. The van der Waals surface area contributed by atoms with E-state index in [-0.39, 0.29) is 5.54 Å². The highest BCUT2D eigenvalue weighted by Crippen LogP contribution is 2.40. The first-order valence-corrected chi connectivity index (χ1v) is 7.66. The Hall–Kier alpha value is -1.26. The Morgan fingerprint density at radius 3 is 2.70 bits per heavy atom. The molecule has 0 bridgehead atoms. The zero-order chi connectivity index (χ0) is 13.7. The highest BCUT2D eigenvalue weighted by Gasteiger charge is 2.50. The molecule has 2 fully saturated rings. The molecule has 1 aliphatic carbocycles. The number of aliphatic imine (C=N–C) groups is 1. The third kappa shape index (κ3) is 1.90.